The highest BCUT2D eigenvalue weighted by Gasteiger charge is 2.27. The number of benzene rings is 1. The molecule has 0 radical (unpaired) electrons. The van der Waals surface area contributed by atoms with Crippen LogP contribution in [0.5, 0.6) is 0 Å². The summed E-state index contributed by atoms with van der Waals surface area (Å²) in [6, 6.07) is 6.41. The summed E-state index contributed by atoms with van der Waals surface area (Å²) < 4.78 is 14.9. The van der Waals surface area contributed by atoms with Gasteiger partial charge in [0.1, 0.15) is 5.82 Å². The van der Waals surface area contributed by atoms with Gasteiger partial charge < -0.3 is 5.32 Å². The molecule has 0 unspecified atom stereocenters. The lowest BCUT2D eigenvalue weighted by Crippen LogP contribution is -2.34. The SMILES string of the molecule is CCC(CC)NC(=O)c1nn(-c2ccc(F)cc2)c2c1CCC2. The minimum Gasteiger partial charge on any atom is -0.348 e. The fourth-order valence-electron chi connectivity index (χ4n) is 3.16. The highest BCUT2D eigenvalue weighted by atomic mass is 19.1. The van der Waals surface area contributed by atoms with Gasteiger partial charge in [-0.15, -0.1) is 0 Å². The van der Waals surface area contributed by atoms with Gasteiger partial charge in [0, 0.05) is 17.3 Å². The van der Waals surface area contributed by atoms with Crippen molar-refractivity contribution < 1.29 is 9.18 Å². The first-order chi connectivity index (χ1) is 11.1. The van der Waals surface area contributed by atoms with E-state index in [1.807, 2.05) is 0 Å². The number of hydrogen-bond donors (Lipinski definition) is 1. The molecule has 1 aliphatic rings. The van der Waals surface area contributed by atoms with Crippen LogP contribution in [0.1, 0.15) is 54.9 Å². The summed E-state index contributed by atoms with van der Waals surface area (Å²) in [5.41, 5.74) is 3.43. The van der Waals surface area contributed by atoms with Gasteiger partial charge in [0.15, 0.2) is 5.69 Å². The summed E-state index contributed by atoms with van der Waals surface area (Å²) in [4.78, 5) is 12.6. The number of carbonyl (C=O) groups excluding carboxylic acids is 1. The molecule has 0 saturated heterocycles. The summed E-state index contributed by atoms with van der Waals surface area (Å²) in [5.74, 6) is -0.373. The third-order valence-corrected chi connectivity index (χ3v) is 4.54. The Balaban J connectivity index is 1.95. The Labute approximate surface area is 135 Å². The minimum absolute atomic E-state index is 0.0993. The maximum atomic E-state index is 13.1. The third-order valence-electron chi connectivity index (χ3n) is 4.54. The Morgan fingerprint density at radius 1 is 1.26 bits per heavy atom. The third kappa shape index (κ3) is 3.00. The number of amides is 1. The molecular weight excluding hydrogens is 293 g/mol. The standard InChI is InChI=1S/C18H22FN3O/c1-3-13(4-2)20-18(23)17-15-6-5-7-16(15)22(21-17)14-10-8-12(19)9-11-14/h8-11,13H,3-7H2,1-2H3,(H,20,23). The van der Waals surface area contributed by atoms with Crippen molar-refractivity contribution in [3.8, 4) is 5.69 Å². The van der Waals surface area contributed by atoms with Crippen molar-refractivity contribution in [2.75, 3.05) is 0 Å². The van der Waals surface area contributed by atoms with E-state index in [0.29, 0.717) is 5.69 Å². The summed E-state index contributed by atoms with van der Waals surface area (Å²) in [5, 5.41) is 7.60. The van der Waals surface area contributed by atoms with Crippen LogP contribution in [0.25, 0.3) is 5.69 Å². The first-order valence-electron chi connectivity index (χ1n) is 8.31. The lowest BCUT2D eigenvalue weighted by Gasteiger charge is -2.13. The number of rotatable bonds is 5. The van der Waals surface area contributed by atoms with Gasteiger partial charge in [-0.1, -0.05) is 13.8 Å². The molecule has 0 bridgehead atoms. The topological polar surface area (TPSA) is 46.9 Å². The Hall–Kier alpha value is -2.17. The molecule has 1 aliphatic carbocycles. The van der Waals surface area contributed by atoms with Gasteiger partial charge in [-0.3, -0.25) is 4.79 Å². The van der Waals surface area contributed by atoms with E-state index in [4.69, 9.17) is 0 Å². The summed E-state index contributed by atoms with van der Waals surface area (Å²) in [6.07, 6.45) is 4.62. The highest BCUT2D eigenvalue weighted by Crippen LogP contribution is 2.28. The molecule has 1 aromatic heterocycles. The van der Waals surface area contributed by atoms with Crippen LogP contribution < -0.4 is 5.32 Å². The highest BCUT2D eigenvalue weighted by molar-refractivity contribution is 5.94. The molecule has 1 amide bonds. The predicted octanol–water partition coefficient (Wildman–Crippen LogP) is 3.42. The zero-order valence-electron chi connectivity index (χ0n) is 13.6. The van der Waals surface area contributed by atoms with Crippen LogP contribution in [0.2, 0.25) is 0 Å². The zero-order valence-corrected chi connectivity index (χ0v) is 13.6. The molecule has 0 fully saturated rings. The average molecular weight is 315 g/mol. The summed E-state index contributed by atoms with van der Waals surface area (Å²) >= 11 is 0. The van der Waals surface area contributed by atoms with Crippen LogP contribution in [0.15, 0.2) is 24.3 Å². The lowest BCUT2D eigenvalue weighted by molar-refractivity contribution is 0.0928. The van der Waals surface area contributed by atoms with Gasteiger partial charge in [-0.2, -0.15) is 5.10 Å². The molecule has 5 heteroatoms. The van der Waals surface area contributed by atoms with Crippen molar-refractivity contribution in [3.05, 3.63) is 47.0 Å². The maximum absolute atomic E-state index is 13.1. The molecule has 4 nitrogen and oxygen atoms in total. The Kier molecular flexibility index (Phi) is 4.46. The zero-order chi connectivity index (χ0) is 16.4. The van der Waals surface area contributed by atoms with E-state index in [-0.39, 0.29) is 17.8 Å². The first kappa shape index (κ1) is 15.7. The second-order valence-electron chi connectivity index (χ2n) is 6.00. The number of carbonyl (C=O) groups is 1. The van der Waals surface area contributed by atoms with E-state index in [1.54, 1.807) is 16.8 Å². The molecule has 23 heavy (non-hydrogen) atoms. The second kappa shape index (κ2) is 6.52. The van der Waals surface area contributed by atoms with Crippen LogP contribution in [-0.2, 0) is 12.8 Å². The average Bonchev–Trinajstić information content (AvgIpc) is 3.15. The molecule has 2 aromatic rings. The largest absolute Gasteiger partial charge is 0.348 e. The molecule has 1 heterocycles. The van der Waals surface area contributed by atoms with Gasteiger partial charge >= 0.3 is 0 Å². The van der Waals surface area contributed by atoms with Crippen LogP contribution in [0.4, 0.5) is 4.39 Å². The predicted molar refractivity (Wildman–Crippen MR) is 87.4 cm³/mol. The number of nitrogens with one attached hydrogen (secondary N) is 1. The fraction of sp³-hybridized carbons (Fsp3) is 0.444. The Bertz CT molecular complexity index is 702. The van der Waals surface area contributed by atoms with Crippen molar-refractivity contribution in [1.82, 2.24) is 15.1 Å². The van der Waals surface area contributed by atoms with E-state index in [9.17, 15) is 9.18 Å². The molecule has 122 valence electrons. The number of hydrogen-bond acceptors (Lipinski definition) is 2. The monoisotopic (exact) mass is 315 g/mol. The van der Waals surface area contributed by atoms with Gasteiger partial charge in [0.2, 0.25) is 0 Å². The first-order valence-corrected chi connectivity index (χ1v) is 8.31. The molecule has 0 atom stereocenters. The van der Waals surface area contributed by atoms with Gasteiger partial charge in [0.25, 0.3) is 5.91 Å². The number of aromatic nitrogens is 2. The van der Waals surface area contributed by atoms with E-state index in [2.05, 4.69) is 24.3 Å². The van der Waals surface area contributed by atoms with Gasteiger partial charge in [-0.25, -0.2) is 9.07 Å². The molecule has 0 aliphatic heterocycles. The molecule has 1 N–H and O–H groups in total. The molecule has 3 rings (SSSR count). The number of nitrogens with zero attached hydrogens (tertiary/aromatic N) is 2. The van der Waals surface area contributed by atoms with Crippen molar-refractivity contribution in [2.24, 2.45) is 0 Å². The van der Waals surface area contributed by atoms with Gasteiger partial charge in [-0.05, 0) is 56.4 Å². The van der Waals surface area contributed by atoms with Crippen LogP contribution in [0, 0.1) is 5.82 Å². The van der Waals surface area contributed by atoms with Crippen LogP contribution in [0.3, 0.4) is 0 Å². The summed E-state index contributed by atoms with van der Waals surface area (Å²) in [6.45, 7) is 4.13. The number of fused-ring (bicyclic) bond motifs is 1. The smallest absolute Gasteiger partial charge is 0.272 e. The van der Waals surface area contributed by atoms with Crippen molar-refractivity contribution in [2.45, 2.75) is 52.0 Å². The van der Waals surface area contributed by atoms with Crippen LogP contribution >= 0.6 is 0 Å². The second-order valence-corrected chi connectivity index (χ2v) is 6.00. The summed E-state index contributed by atoms with van der Waals surface area (Å²) in [7, 11) is 0. The molecular formula is C18H22FN3O. The van der Waals surface area contributed by atoms with E-state index >= 15 is 0 Å². The van der Waals surface area contributed by atoms with Crippen LogP contribution in [-0.4, -0.2) is 21.7 Å². The van der Waals surface area contributed by atoms with Crippen molar-refractivity contribution >= 4 is 5.91 Å². The Morgan fingerprint density at radius 2 is 1.96 bits per heavy atom. The van der Waals surface area contributed by atoms with Gasteiger partial charge in [0.05, 0.1) is 5.69 Å². The van der Waals surface area contributed by atoms with Crippen molar-refractivity contribution in [1.29, 1.82) is 0 Å². The van der Waals surface area contributed by atoms with E-state index in [0.717, 1.165) is 49.0 Å². The molecule has 1 aromatic carbocycles. The van der Waals surface area contributed by atoms with Crippen molar-refractivity contribution in [3.63, 3.8) is 0 Å². The van der Waals surface area contributed by atoms with E-state index < -0.39 is 0 Å². The maximum Gasteiger partial charge on any atom is 0.272 e. The molecule has 0 saturated carbocycles. The number of halogens is 1. The molecule has 0 spiro atoms. The lowest BCUT2D eigenvalue weighted by atomic mass is 10.1. The Morgan fingerprint density at radius 3 is 2.61 bits per heavy atom. The fourth-order valence-corrected chi connectivity index (χ4v) is 3.16. The van der Waals surface area contributed by atoms with E-state index in [1.165, 1.54) is 12.1 Å². The minimum atomic E-state index is -0.274. The normalized spacial score (nSPS) is 13.4. The quantitative estimate of drug-likeness (QED) is 0.919.